The summed E-state index contributed by atoms with van der Waals surface area (Å²) in [7, 11) is 3.85. The molecule has 0 radical (unpaired) electrons. The number of rotatable bonds is 2. The van der Waals surface area contributed by atoms with Gasteiger partial charge in [0.1, 0.15) is 6.04 Å². The third-order valence-electron chi connectivity index (χ3n) is 10.6. The molecule has 3 heterocycles. The van der Waals surface area contributed by atoms with Crippen molar-refractivity contribution in [3.63, 3.8) is 0 Å². The molecule has 2 aromatic rings. The van der Waals surface area contributed by atoms with Crippen molar-refractivity contribution in [1.29, 1.82) is 0 Å². The van der Waals surface area contributed by atoms with E-state index in [4.69, 9.17) is 4.74 Å². The largest absolute Gasteiger partial charge is 0.359 e. The number of quaternary nitrogens is 1. The molecule has 1 N–H and O–H groups in total. The van der Waals surface area contributed by atoms with E-state index in [-0.39, 0.29) is 27.3 Å². The number of ether oxygens (including phenoxy) is 1. The van der Waals surface area contributed by atoms with Gasteiger partial charge in [-0.05, 0) is 90.0 Å². The Bertz CT molecular complexity index is 1240. The van der Waals surface area contributed by atoms with Crippen LogP contribution in [0, 0.1) is 11.3 Å². The molecule has 3 unspecified atom stereocenters. The summed E-state index contributed by atoms with van der Waals surface area (Å²) in [4.78, 5) is 4.37. The highest BCUT2D eigenvalue weighted by atomic mass is 16.5. The standard InChI is InChI=1S/C30H37N2O2/c1-28-12-10-24-17-23-6-7-25(32(2,3)33)18-29(23)13-14-30(24,34-29)27(28)9-8-26(28)21-5-4-20-11-15-31-19-22(20)16-21/h4-5,10-11,15-17,19,25-27,33H,6-9,12-14,18H2,1-3H3/q+1/t25?,26?,27-,28?,29-,30-/m1/s1. The molecule has 2 aliphatic heterocycles. The number of nitrogens with zero attached hydrogens (tertiary/aromatic N) is 2. The minimum atomic E-state index is -0.163. The summed E-state index contributed by atoms with van der Waals surface area (Å²) in [5.74, 6) is 1.09. The Morgan fingerprint density at radius 1 is 1.09 bits per heavy atom. The van der Waals surface area contributed by atoms with E-state index in [2.05, 4.69) is 48.3 Å². The maximum Gasteiger partial charge on any atom is 0.122 e. The van der Waals surface area contributed by atoms with Crippen molar-refractivity contribution in [3.05, 3.63) is 65.5 Å². The molecule has 4 nitrogen and oxygen atoms in total. The van der Waals surface area contributed by atoms with E-state index in [9.17, 15) is 5.21 Å². The van der Waals surface area contributed by atoms with Gasteiger partial charge in [0.15, 0.2) is 0 Å². The van der Waals surface area contributed by atoms with Gasteiger partial charge in [0.05, 0.1) is 25.3 Å². The zero-order valence-corrected chi connectivity index (χ0v) is 20.8. The molecule has 2 bridgehead atoms. The lowest BCUT2D eigenvalue weighted by molar-refractivity contribution is -1.09. The van der Waals surface area contributed by atoms with Crippen LogP contribution in [0.2, 0.25) is 0 Å². The monoisotopic (exact) mass is 457 g/mol. The molecule has 2 spiro atoms. The molecule has 6 atom stereocenters. The number of hydrogen-bond acceptors (Lipinski definition) is 3. The highest BCUT2D eigenvalue weighted by Gasteiger charge is 2.67. The number of pyridine rings is 1. The molecule has 5 aliphatic rings. The first kappa shape index (κ1) is 21.3. The first-order valence-electron chi connectivity index (χ1n) is 13.3. The van der Waals surface area contributed by atoms with Crippen molar-refractivity contribution in [2.45, 2.75) is 81.5 Å². The van der Waals surface area contributed by atoms with Gasteiger partial charge in [-0.15, -0.1) is 0 Å². The summed E-state index contributed by atoms with van der Waals surface area (Å²) in [6.07, 6.45) is 17.8. The third-order valence-corrected chi connectivity index (χ3v) is 10.6. The van der Waals surface area contributed by atoms with Gasteiger partial charge in [-0.25, -0.2) is 5.21 Å². The number of fused-ring (bicyclic) bond motifs is 2. The second kappa shape index (κ2) is 6.81. The first-order chi connectivity index (χ1) is 16.2. The van der Waals surface area contributed by atoms with Crippen molar-refractivity contribution < 1.29 is 14.6 Å². The summed E-state index contributed by atoms with van der Waals surface area (Å²) in [6.45, 7) is 2.54. The number of allylic oxidation sites excluding steroid dienone is 1. The van der Waals surface area contributed by atoms with Crippen molar-refractivity contribution in [2.75, 3.05) is 14.1 Å². The topological polar surface area (TPSA) is 42.4 Å². The summed E-state index contributed by atoms with van der Waals surface area (Å²) in [6, 6.07) is 9.38. The lowest BCUT2D eigenvalue weighted by Gasteiger charge is -2.54. The van der Waals surface area contributed by atoms with Crippen LogP contribution in [-0.4, -0.2) is 46.2 Å². The van der Waals surface area contributed by atoms with Gasteiger partial charge in [0.25, 0.3) is 0 Å². The van der Waals surface area contributed by atoms with Crippen molar-refractivity contribution in [1.82, 2.24) is 4.98 Å². The Kier molecular flexibility index (Phi) is 4.26. The fourth-order valence-electron chi connectivity index (χ4n) is 8.79. The van der Waals surface area contributed by atoms with Crippen LogP contribution < -0.4 is 0 Å². The van der Waals surface area contributed by atoms with Crippen LogP contribution in [0.4, 0.5) is 0 Å². The molecule has 1 saturated heterocycles. The summed E-state index contributed by atoms with van der Waals surface area (Å²) >= 11 is 0. The van der Waals surface area contributed by atoms with Gasteiger partial charge < -0.3 is 4.74 Å². The van der Waals surface area contributed by atoms with Crippen molar-refractivity contribution >= 4 is 10.8 Å². The van der Waals surface area contributed by atoms with E-state index >= 15 is 0 Å². The number of hydroxylamine groups is 3. The predicted molar refractivity (Wildman–Crippen MR) is 133 cm³/mol. The molecule has 1 aromatic heterocycles. The zero-order valence-electron chi connectivity index (χ0n) is 20.8. The maximum atomic E-state index is 10.8. The average molecular weight is 458 g/mol. The fourth-order valence-corrected chi connectivity index (χ4v) is 8.79. The van der Waals surface area contributed by atoms with Gasteiger partial charge in [0.2, 0.25) is 0 Å². The Balaban J connectivity index is 1.27. The number of hydrogen-bond donors (Lipinski definition) is 1. The lowest BCUT2D eigenvalue weighted by Crippen LogP contribution is -2.57. The SMILES string of the molecule is CC12CC=C3C=C4CCC([N+](C)(C)O)C[C@]45CC[C@]3(O5)[C@@H]1CCC2c1ccc2ccncc2c1. The molecular formula is C30H37N2O2+. The van der Waals surface area contributed by atoms with Crippen LogP contribution in [0.1, 0.15) is 69.8 Å². The average Bonchev–Trinajstić information content (AvgIpc) is 3.33. The Morgan fingerprint density at radius 2 is 1.97 bits per heavy atom. The van der Waals surface area contributed by atoms with Gasteiger partial charge in [-0.3, -0.25) is 4.98 Å². The van der Waals surface area contributed by atoms with Crippen molar-refractivity contribution in [3.8, 4) is 0 Å². The Hall–Kier alpha value is -2.01. The van der Waals surface area contributed by atoms with E-state index in [1.807, 2.05) is 26.5 Å². The minimum Gasteiger partial charge on any atom is -0.359 e. The van der Waals surface area contributed by atoms with Crippen LogP contribution in [0.5, 0.6) is 0 Å². The van der Waals surface area contributed by atoms with Gasteiger partial charge in [-0.1, -0.05) is 31.2 Å². The van der Waals surface area contributed by atoms with E-state index < -0.39 is 0 Å². The highest BCUT2D eigenvalue weighted by molar-refractivity contribution is 5.82. The fraction of sp³-hybridized carbons (Fsp3) is 0.567. The van der Waals surface area contributed by atoms with E-state index in [1.54, 1.807) is 0 Å². The van der Waals surface area contributed by atoms with Crippen LogP contribution in [0.15, 0.2) is 60.0 Å². The summed E-state index contributed by atoms with van der Waals surface area (Å²) in [5, 5.41) is 13.3. The molecule has 4 heteroatoms. The van der Waals surface area contributed by atoms with Crippen LogP contribution >= 0.6 is 0 Å². The molecule has 1 aromatic carbocycles. The molecule has 7 rings (SSSR count). The molecule has 3 aliphatic carbocycles. The van der Waals surface area contributed by atoms with Gasteiger partial charge >= 0.3 is 0 Å². The molecule has 34 heavy (non-hydrogen) atoms. The first-order valence-corrected chi connectivity index (χ1v) is 13.3. The van der Waals surface area contributed by atoms with E-state index in [1.165, 1.54) is 40.3 Å². The quantitative estimate of drug-likeness (QED) is 0.424. The number of benzene rings is 1. The third kappa shape index (κ3) is 2.74. The van der Waals surface area contributed by atoms with E-state index in [0.717, 1.165) is 38.5 Å². The van der Waals surface area contributed by atoms with Gasteiger partial charge in [0, 0.05) is 30.6 Å². The van der Waals surface area contributed by atoms with Crippen LogP contribution in [0.25, 0.3) is 10.8 Å². The minimum absolute atomic E-state index is 0.0497. The predicted octanol–water partition coefficient (Wildman–Crippen LogP) is 6.31. The Morgan fingerprint density at radius 3 is 2.82 bits per heavy atom. The normalized spacial score (nSPS) is 40.9. The Labute approximate surface area is 202 Å². The molecular weight excluding hydrogens is 420 g/mol. The molecule has 2 saturated carbocycles. The van der Waals surface area contributed by atoms with Crippen LogP contribution in [0.3, 0.4) is 0 Å². The second-order valence-corrected chi connectivity index (χ2v) is 12.6. The smallest absolute Gasteiger partial charge is 0.122 e. The highest BCUT2D eigenvalue weighted by Crippen LogP contribution is 2.69. The van der Waals surface area contributed by atoms with Crippen LogP contribution in [-0.2, 0) is 4.74 Å². The number of aromatic nitrogens is 1. The molecule has 3 fully saturated rings. The zero-order chi connectivity index (χ0) is 23.3. The molecule has 0 amide bonds. The summed E-state index contributed by atoms with van der Waals surface area (Å²) in [5.41, 5.74) is 4.34. The van der Waals surface area contributed by atoms with Gasteiger partial charge in [-0.2, -0.15) is 4.65 Å². The molecule has 178 valence electrons. The van der Waals surface area contributed by atoms with Crippen molar-refractivity contribution in [2.24, 2.45) is 11.3 Å². The van der Waals surface area contributed by atoms with E-state index in [0.29, 0.717) is 11.8 Å². The summed E-state index contributed by atoms with van der Waals surface area (Å²) < 4.78 is 7.42. The second-order valence-electron chi connectivity index (χ2n) is 12.6. The maximum absolute atomic E-state index is 10.8. The lowest BCUT2D eigenvalue weighted by atomic mass is 9.58.